The van der Waals surface area contributed by atoms with E-state index in [1.807, 2.05) is 18.7 Å². The van der Waals surface area contributed by atoms with E-state index in [0.29, 0.717) is 36.8 Å². The number of carbonyl (C=O) groups excluding carboxylic acids is 3. The van der Waals surface area contributed by atoms with Gasteiger partial charge in [0, 0.05) is 44.4 Å². The van der Waals surface area contributed by atoms with Gasteiger partial charge in [-0.1, -0.05) is 0 Å². The highest BCUT2D eigenvalue weighted by molar-refractivity contribution is 7.14. The first-order chi connectivity index (χ1) is 11.5. The number of aromatic nitrogens is 1. The summed E-state index contributed by atoms with van der Waals surface area (Å²) in [7, 11) is 0. The van der Waals surface area contributed by atoms with Crippen molar-refractivity contribution in [3.63, 3.8) is 0 Å². The molecule has 7 nitrogen and oxygen atoms in total. The van der Waals surface area contributed by atoms with Gasteiger partial charge in [-0.3, -0.25) is 14.4 Å². The molecule has 1 aromatic heterocycles. The largest absolute Gasteiger partial charge is 0.343 e. The topological polar surface area (TPSA) is 82.6 Å². The van der Waals surface area contributed by atoms with Crippen LogP contribution >= 0.6 is 11.3 Å². The molecule has 1 fully saturated rings. The third-order valence-corrected chi connectivity index (χ3v) is 4.97. The van der Waals surface area contributed by atoms with Crippen LogP contribution in [0.3, 0.4) is 0 Å². The molecule has 3 amide bonds. The molecular formula is C16H24N4O3S. The molecule has 2 rings (SSSR count). The molecule has 0 spiro atoms. The van der Waals surface area contributed by atoms with Gasteiger partial charge in [0.05, 0.1) is 0 Å². The molecule has 1 aliphatic rings. The summed E-state index contributed by atoms with van der Waals surface area (Å²) in [6.07, 6.45) is 1.37. The number of carbonyl (C=O) groups is 3. The molecule has 0 aromatic carbocycles. The van der Waals surface area contributed by atoms with Gasteiger partial charge < -0.3 is 15.1 Å². The number of rotatable bonds is 5. The van der Waals surface area contributed by atoms with E-state index in [1.54, 1.807) is 10.3 Å². The van der Waals surface area contributed by atoms with Crippen molar-refractivity contribution in [3.05, 3.63) is 11.1 Å². The molecule has 132 valence electrons. The number of piperidine rings is 1. The number of nitrogens with one attached hydrogen (secondary N) is 1. The number of hydrogen-bond acceptors (Lipinski definition) is 5. The van der Waals surface area contributed by atoms with Gasteiger partial charge in [0.25, 0.3) is 5.91 Å². The van der Waals surface area contributed by atoms with Crippen LogP contribution in [0.1, 0.15) is 44.1 Å². The summed E-state index contributed by atoms with van der Waals surface area (Å²) in [5.41, 5.74) is 0.345. The average molecular weight is 352 g/mol. The first-order valence-electron chi connectivity index (χ1n) is 8.27. The number of thiazole rings is 1. The highest BCUT2D eigenvalue weighted by Crippen LogP contribution is 2.23. The van der Waals surface area contributed by atoms with Gasteiger partial charge in [0.15, 0.2) is 5.13 Å². The van der Waals surface area contributed by atoms with Gasteiger partial charge in [0.2, 0.25) is 11.8 Å². The van der Waals surface area contributed by atoms with Crippen LogP contribution in [-0.4, -0.2) is 58.7 Å². The summed E-state index contributed by atoms with van der Waals surface area (Å²) >= 11 is 1.23. The molecule has 0 bridgehead atoms. The normalized spacial score (nSPS) is 15.2. The van der Waals surface area contributed by atoms with Crippen LogP contribution in [0.25, 0.3) is 0 Å². The van der Waals surface area contributed by atoms with Crippen molar-refractivity contribution in [2.24, 2.45) is 5.92 Å². The van der Waals surface area contributed by atoms with Crippen molar-refractivity contribution in [3.8, 4) is 0 Å². The van der Waals surface area contributed by atoms with Crippen molar-refractivity contribution in [1.29, 1.82) is 0 Å². The highest BCUT2D eigenvalue weighted by Gasteiger charge is 2.30. The van der Waals surface area contributed by atoms with Gasteiger partial charge in [-0.2, -0.15) is 0 Å². The third-order valence-electron chi connectivity index (χ3n) is 4.21. The van der Waals surface area contributed by atoms with E-state index in [2.05, 4.69) is 10.3 Å². The minimum Gasteiger partial charge on any atom is -0.343 e. The SMILES string of the molecule is CCN(CC)C(=O)C1CCN(C(=O)c2csc(NC(C)=O)n2)CC1. The summed E-state index contributed by atoms with van der Waals surface area (Å²) in [6.45, 7) is 7.93. The van der Waals surface area contributed by atoms with Gasteiger partial charge in [-0.15, -0.1) is 11.3 Å². The third kappa shape index (κ3) is 4.31. The highest BCUT2D eigenvalue weighted by atomic mass is 32.1. The molecule has 0 unspecified atom stereocenters. The number of anilines is 1. The zero-order valence-electron chi connectivity index (χ0n) is 14.4. The van der Waals surface area contributed by atoms with Crippen LogP contribution in [0.5, 0.6) is 0 Å². The van der Waals surface area contributed by atoms with E-state index in [9.17, 15) is 14.4 Å². The van der Waals surface area contributed by atoms with E-state index in [0.717, 1.165) is 13.1 Å². The van der Waals surface area contributed by atoms with Gasteiger partial charge >= 0.3 is 0 Å². The number of nitrogens with zero attached hydrogens (tertiary/aromatic N) is 3. The smallest absolute Gasteiger partial charge is 0.273 e. The molecule has 1 saturated heterocycles. The van der Waals surface area contributed by atoms with Crippen molar-refractivity contribution in [2.45, 2.75) is 33.6 Å². The van der Waals surface area contributed by atoms with Gasteiger partial charge in [0.1, 0.15) is 5.69 Å². The fourth-order valence-corrected chi connectivity index (χ4v) is 3.60. The van der Waals surface area contributed by atoms with Crippen LogP contribution in [0, 0.1) is 5.92 Å². The number of hydrogen-bond donors (Lipinski definition) is 1. The Kier molecular flexibility index (Phi) is 6.30. The molecule has 24 heavy (non-hydrogen) atoms. The van der Waals surface area contributed by atoms with Crippen molar-refractivity contribution < 1.29 is 14.4 Å². The lowest BCUT2D eigenvalue weighted by Crippen LogP contribution is -2.44. The molecule has 1 aromatic rings. The molecular weight excluding hydrogens is 328 g/mol. The summed E-state index contributed by atoms with van der Waals surface area (Å²) < 4.78 is 0. The maximum absolute atomic E-state index is 12.5. The zero-order chi connectivity index (χ0) is 17.7. The predicted octanol–water partition coefficient (Wildman–Crippen LogP) is 1.82. The summed E-state index contributed by atoms with van der Waals surface area (Å²) in [5, 5.41) is 4.66. The van der Waals surface area contributed by atoms with Gasteiger partial charge in [-0.05, 0) is 26.7 Å². The molecule has 0 atom stereocenters. The quantitative estimate of drug-likeness (QED) is 0.876. The lowest BCUT2D eigenvalue weighted by atomic mass is 9.95. The van der Waals surface area contributed by atoms with Crippen LogP contribution in [0.2, 0.25) is 0 Å². The van der Waals surface area contributed by atoms with E-state index in [1.165, 1.54) is 18.3 Å². The maximum Gasteiger partial charge on any atom is 0.273 e. The summed E-state index contributed by atoms with van der Waals surface area (Å²) in [4.78, 5) is 43.6. The predicted molar refractivity (Wildman–Crippen MR) is 93.0 cm³/mol. The Balaban J connectivity index is 1.92. The second-order valence-corrected chi connectivity index (χ2v) is 6.65. The van der Waals surface area contributed by atoms with E-state index < -0.39 is 0 Å². The molecule has 0 saturated carbocycles. The lowest BCUT2D eigenvalue weighted by molar-refractivity contribution is -0.136. The van der Waals surface area contributed by atoms with Crippen molar-refractivity contribution in [1.82, 2.24) is 14.8 Å². The average Bonchev–Trinajstić information content (AvgIpc) is 3.03. The molecule has 0 aliphatic carbocycles. The lowest BCUT2D eigenvalue weighted by Gasteiger charge is -2.33. The first kappa shape index (κ1) is 18.4. The van der Waals surface area contributed by atoms with E-state index in [4.69, 9.17) is 0 Å². The minimum atomic E-state index is -0.209. The van der Waals surface area contributed by atoms with Gasteiger partial charge in [-0.25, -0.2) is 4.98 Å². The monoisotopic (exact) mass is 352 g/mol. The molecule has 1 aliphatic heterocycles. The van der Waals surface area contributed by atoms with Crippen LogP contribution in [0.4, 0.5) is 5.13 Å². The fraction of sp³-hybridized carbons (Fsp3) is 0.625. The first-order valence-corrected chi connectivity index (χ1v) is 9.15. The Bertz CT molecular complexity index is 604. The number of likely N-dealkylation sites (tertiary alicyclic amines) is 1. The number of amides is 3. The Morgan fingerprint density at radius 1 is 1.29 bits per heavy atom. The standard InChI is InChI=1S/C16H24N4O3S/c1-4-19(5-2)14(22)12-6-8-20(9-7-12)15(23)13-10-24-16(18-13)17-11(3)21/h10,12H,4-9H2,1-3H3,(H,17,18,21). The summed E-state index contributed by atoms with van der Waals surface area (Å²) in [6, 6.07) is 0. The Morgan fingerprint density at radius 3 is 2.46 bits per heavy atom. The van der Waals surface area contributed by atoms with Crippen LogP contribution in [-0.2, 0) is 9.59 Å². The fourth-order valence-electron chi connectivity index (χ4n) is 2.86. The Labute approximate surface area is 146 Å². The maximum atomic E-state index is 12.5. The minimum absolute atomic E-state index is 0.000626. The second kappa shape index (κ2) is 8.23. The molecule has 2 heterocycles. The van der Waals surface area contributed by atoms with Crippen molar-refractivity contribution >= 4 is 34.2 Å². The van der Waals surface area contributed by atoms with E-state index >= 15 is 0 Å². The summed E-state index contributed by atoms with van der Waals surface area (Å²) in [5.74, 6) is -0.163. The molecule has 0 radical (unpaired) electrons. The zero-order valence-corrected chi connectivity index (χ0v) is 15.2. The molecule has 8 heteroatoms. The molecule has 1 N–H and O–H groups in total. The van der Waals surface area contributed by atoms with Crippen molar-refractivity contribution in [2.75, 3.05) is 31.5 Å². The second-order valence-electron chi connectivity index (χ2n) is 5.80. The van der Waals surface area contributed by atoms with Crippen LogP contribution < -0.4 is 5.32 Å². The Hall–Kier alpha value is -1.96. The Morgan fingerprint density at radius 2 is 1.92 bits per heavy atom. The van der Waals surface area contributed by atoms with E-state index in [-0.39, 0.29) is 23.6 Å². The van der Waals surface area contributed by atoms with Crippen LogP contribution in [0.15, 0.2) is 5.38 Å².